The van der Waals surface area contributed by atoms with Crippen LogP contribution in [0.25, 0.3) is 0 Å². The Bertz CT molecular complexity index is 99.1. The van der Waals surface area contributed by atoms with Crippen LogP contribution in [0.2, 0.25) is 0 Å². The Morgan fingerprint density at radius 1 is 1.10 bits per heavy atom. The SMILES string of the molecule is OCN1CCN(CO)C1O. The Morgan fingerprint density at radius 2 is 1.50 bits per heavy atom. The summed E-state index contributed by atoms with van der Waals surface area (Å²) in [5.41, 5.74) is 0. The molecule has 1 heterocycles. The lowest BCUT2D eigenvalue weighted by Gasteiger charge is -2.21. The topological polar surface area (TPSA) is 67.2 Å². The van der Waals surface area contributed by atoms with E-state index in [0.29, 0.717) is 13.1 Å². The predicted octanol–water partition coefficient (Wildman–Crippen LogP) is -2.22. The summed E-state index contributed by atoms with van der Waals surface area (Å²) >= 11 is 0. The Kier molecular flexibility index (Phi) is 2.58. The number of nitrogens with zero attached hydrogens (tertiary/aromatic N) is 2. The van der Waals surface area contributed by atoms with Crippen LogP contribution in [0.5, 0.6) is 0 Å². The average Bonchev–Trinajstić information content (AvgIpc) is 2.30. The summed E-state index contributed by atoms with van der Waals surface area (Å²) in [5.74, 6) is 0. The van der Waals surface area contributed by atoms with Crippen LogP contribution in [0.15, 0.2) is 0 Å². The molecule has 5 nitrogen and oxygen atoms in total. The zero-order valence-corrected chi connectivity index (χ0v) is 5.64. The third-order valence-corrected chi connectivity index (χ3v) is 1.69. The molecule has 1 aliphatic heterocycles. The lowest BCUT2D eigenvalue weighted by atomic mass is 10.6. The molecule has 0 atom stereocenters. The van der Waals surface area contributed by atoms with Crippen molar-refractivity contribution in [1.82, 2.24) is 9.80 Å². The zero-order valence-electron chi connectivity index (χ0n) is 5.64. The van der Waals surface area contributed by atoms with Crippen molar-refractivity contribution in [2.24, 2.45) is 0 Å². The molecule has 60 valence electrons. The number of hydrogen-bond donors (Lipinski definition) is 3. The highest BCUT2D eigenvalue weighted by Crippen LogP contribution is 2.08. The lowest BCUT2D eigenvalue weighted by molar-refractivity contribution is -0.108. The van der Waals surface area contributed by atoms with Gasteiger partial charge in [0, 0.05) is 13.1 Å². The first-order chi connectivity index (χ1) is 4.79. The van der Waals surface area contributed by atoms with E-state index in [1.807, 2.05) is 0 Å². The molecule has 1 aliphatic rings. The summed E-state index contributed by atoms with van der Waals surface area (Å²) in [6, 6.07) is 0. The van der Waals surface area contributed by atoms with Gasteiger partial charge in [0.25, 0.3) is 0 Å². The second kappa shape index (κ2) is 3.27. The van der Waals surface area contributed by atoms with Crippen molar-refractivity contribution in [3.05, 3.63) is 0 Å². The molecular formula is C5H12N2O3. The van der Waals surface area contributed by atoms with Crippen LogP contribution in [0.3, 0.4) is 0 Å². The third kappa shape index (κ3) is 1.28. The predicted molar refractivity (Wildman–Crippen MR) is 33.6 cm³/mol. The second-order valence-corrected chi connectivity index (χ2v) is 2.25. The van der Waals surface area contributed by atoms with Crippen molar-refractivity contribution in [2.45, 2.75) is 6.35 Å². The quantitative estimate of drug-likeness (QED) is 0.414. The van der Waals surface area contributed by atoms with Crippen molar-refractivity contribution in [2.75, 3.05) is 26.6 Å². The number of aliphatic hydroxyl groups excluding tert-OH is 3. The molecule has 5 heteroatoms. The smallest absolute Gasteiger partial charge is 0.169 e. The van der Waals surface area contributed by atoms with Crippen molar-refractivity contribution < 1.29 is 15.3 Å². The summed E-state index contributed by atoms with van der Waals surface area (Å²) in [6.07, 6.45) is -0.824. The first kappa shape index (κ1) is 7.90. The van der Waals surface area contributed by atoms with Crippen LogP contribution in [0.4, 0.5) is 0 Å². The van der Waals surface area contributed by atoms with E-state index in [0.717, 1.165) is 0 Å². The van der Waals surface area contributed by atoms with Gasteiger partial charge in [0.15, 0.2) is 6.35 Å². The van der Waals surface area contributed by atoms with E-state index in [1.54, 1.807) is 0 Å². The Labute approximate surface area is 59.1 Å². The Balaban J connectivity index is 2.41. The largest absolute Gasteiger partial charge is 0.381 e. The van der Waals surface area contributed by atoms with Crippen molar-refractivity contribution in [3.63, 3.8) is 0 Å². The number of hydrogen-bond acceptors (Lipinski definition) is 5. The van der Waals surface area contributed by atoms with Gasteiger partial charge in [-0.05, 0) is 0 Å². The van der Waals surface area contributed by atoms with Crippen LogP contribution in [0.1, 0.15) is 0 Å². The average molecular weight is 148 g/mol. The van der Waals surface area contributed by atoms with Gasteiger partial charge in [-0.25, -0.2) is 9.80 Å². The molecule has 0 amide bonds. The molecule has 1 saturated heterocycles. The van der Waals surface area contributed by atoms with Crippen LogP contribution >= 0.6 is 0 Å². The maximum atomic E-state index is 9.18. The fourth-order valence-electron chi connectivity index (χ4n) is 1.01. The monoisotopic (exact) mass is 148 g/mol. The van der Waals surface area contributed by atoms with E-state index < -0.39 is 6.35 Å². The van der Waals surface area contributed by atoms with Gasteiger partial charge < -0.3 is 15.3 Å². The van der Waals surface area contributed by atoms with Crippen LogP contribution in [0, 0.1) is 0 Å². The van der Waals surface area contributed by atoms with E-state index in [4.69, 9.17) is 10.2 Å². The highest BCUT2D eigenvalue weighted by atomic mass is 16.4. The first-order valence-corrected chi connectivity index (χ1v) is 3.17. The fraction of sp³-hybridized carbons (Fsp3) is 1.00. The fourth-order valence-corrected chi connectivity index (χ4v) is 1.01. The molecule has 0 bridgehead atoms. The van der Waals surface area contributed by atoms with Crippen molar-refractivity contribution >= 4 is 0 Å². The zero-order chi connectivity index (χ0) is 7.56. The molecule has 0 unspecified atom stereocenters. The summed E-state index contributed by atoms with van der Waals surface area (Å²) in [5, 5.41) is 26.4. The van der Waals surface area contributed by atoms with Gasteiger partial charge in [-0.2, -0.15) is 0 Å². The van der Waals surface area contributed by atoms with Crippen LogP contribution < -0.4 is 0 Å². The lowest BCUT2D eigenvalue weighted by Crippen LogP contribution is -2.39. The standard InChI is InChI=1S/C5H12N2O3/c8-3-6-1-2-7(4-9)5(6)10/h5,8-10H,1-4H2. The van der Waals surface area contributed by atoms with Crippen molar-refractivity contribution in [3.8, 4) is 0 Å². The van der Waals surface area contributed by atoms with Gasteiger partial charge in [-0.15, -0.1) is 0 Å². The minimum Gasteiger partial charge on any atom is -0.381 e. The summed E-state index contributed by atoms with van der Waals surface area (Å²) in [6.45, 7) is 0.853. The molecule has 0 aromatic rings. The highest BCUT2D eigenvalue weighted by Gasteiger charge is 2.28. The molecular weight excluding hydrogens is 136 g/mol. The molecule has 0 aromatic heterocycles. The number of rotatable bonds is 2. The van der Waals surface area contributed by atoms with E-state index in [2.05, 4.69) is 0 Å². The maximum Gasteiger partial charge on any atom is 0.169 e. The molecule has 3 N–H and O–H groups in total. The molecule has 0 aromatic carbocycles. The van der Waals surface area contributed by atoms with Crippen LogP contribution in [-0.4, -0.2) is 58.0 Å². The van der Waals surface area contributed by atoms with Gasteiger partial charge in [-0.3, -0.25) is 0 Å². The van der Waals surface area contributed by atoms with Gasteiger partial charge in [0.2, 0.25) is 0 Å². The minimum absolute atomic E-state index is 0.169. The molecule has 0 radical (unpaired) electrons. The summed E-state index contributed by atoms with van der Waals surface area (Å²) < 4.78 is 0. The molecule has 10 heavy (non-hydrogen) atoms. The van der Waals surface area contributed by atoms with E-state index in [1.165, 1.54) is 9.80 Å². The molecule has 1 rings (SSSR count). The molecule has 0 saturated carbocycles. The number of aliphatic hydroxyl groups is 3. The minimum atomic E-state index is -0.824. The Hall–Kier alpha value is -0.200. The van der Waals surface area contributed by atoms with E-state index in [-0.39, 0.29) is 13.5 Å². The van der Waals surface area contributed by atoms with Crippen LogP contribution in [-0.2, 0) is 0 Å². The van der Waals surface area contributed by atoms with Gasteiger partial charge in [0.1, 0.15) is 0 Å². The summed E-state index contributed by atoms with van der Waals surface area (Å²) in [4.78, 5) is 2.91. The first-order valence-electron chi connectivity index (χ1n) is 3.17. The molecule has 0 aliphatic carbocycles. The maximum absolute atomic E-state index is 9.18. The molecule has 1 fully saturated rings. The third-order valence-electron chi connectivity index (χ3n) is 1.69. The second-order valence-electron chi connectivity index (χ2n) is 2.25. The Morgan fingerprint density at radius 3 is 1.70 bits per heavy atom. The molecule has 0 spiro atoms. The van der Waals surface area contributed by atoms with Gasteiger partial charge in [0.05, 0.1) is 13.5 Å². The normalized spacial score (nSPS) is 24.3. The summed E-state index contributed by atoms with van der Waals surface area (Å²) in [7, 11) is 0. The van der Waals surface area contributed by atoms with Gasteiger partial charge in [-0.1, -0.05) is 0 Å². The van der Waals surface area contributed by atoms with E-state index in [9.17, 15) is 5.11 Å². The van der Waals surface area contributed by atoms with Crippen molar-refractivity contribution in [1.29, 1.82) is 0 Å². The van der Waals surface area contributed by atoms with Gasteiger partial charge >= 0.3 is 0 Å². The van der Waals surface area contributed by atoms with E-state index >= 15 is 0 Å². The highest BCUT2D eigenvalue weighted by molar-refractivity contribution is 4.69.